The first kappa shape index (κ1) is 14.2. The topological polar surface area (TPSA) is 62.5 Å². The fourth-order valence-corrected chi connectivity index (χ4v) is 3.40. The van der Waals surface area contributed by atoms with E-state index in [1.165, 1.54) is 6.42 Å². The largest absolute Gasteiger partial charge is 0.481 e. The Labute approximate surface area is 124 Å². The minimum atomic E-state index is -0.744. The summed E-state index contributed by atoms with van der Waals surface area (Å²) < 4.78 is 2.10. The summed E-state index contributed by atoms with van der Waals surface area (Å²) in [6.45, 7) is 2.48. The fourth-order valence-electron chi connectivity index (χ4n) is 3.40. The number of likely N-dealkylation sites (tertiary alicyclic amines) is 1. The van der Waals surface area contributed by atoms with Crippen LogP contribution in [-0.4, -0.2) is 39.0 Å². The molecule has 1 amide bonds. The molecule has 1 aromatic heterocycles. The lowest BCUT2D eigenvalue weighted by molar-refractivity contribution is -0.143. The number of aromatic nitrogens is 1. The molecule has 2 unspecified atom stereocenters. The minimum Gasteiger partial charge on any atom is -0.481 e. The monoisotopic (exact) mass is 290 g/mol. The number of rotatable bonds is 3. The van der Waals surface area contributed by atoms with Crippen LogP contribution in [0.25, 0.3) is 0 Å². The molecule has 1 saturated heterocycles. The summed E-state index contributed by atoms with van der Waals surface area (Å²) in [4.78, 5) is 25.7. The summed E-state index contributed by atoms with van der Waals surface area (Å²) in [5.74, 6) is -1.02. The third-order valence-corrected chi connectivity index (χ3v) is 4.95. The second kappa shape index (κ2) is 5.54. The van der Waals surface area contributed by atoms with E-state index in [0.717, 1.165) is 18.5 Å². The Kier molecular flexibility index (Phi) is 3.74. The number of carbonyl (C=O) groups is 2. The van der Waals surface area contributed by atoms with Crippen molar-refractivity contribution < 1.29 is 14.7 Å². The normalized spacial score (nSPS) is 26.4. The first-order chi connectivity index (χ1) is 10.1. The highest BCUT2D eigenvalue weighted by Crippen LogP contribution is 2.33. The molecular formula is C16H22N2O3. The quantitative estimate of drug-likeness (QED) is 0.930. The van der Waals surface area contributed by atoms with Gasteiger partial charge in [-0.15, -0.1) is 0 Å². The van der Waals surface area contributed by atoms with Gasteiger partial charge in [0.1, 0.15) is 5.69 Å². The highest BCUT2D eigenvalue weighted by molar-refractivity contribution is 5.93. The number of aliphatic carboxylic acids is 1. The van der Waals surface area contributed by atoms with Gasteiger partial charge in [0.15, 0.2) is 0 Å². The Balaban J connectivity index is 1.74. The standard InChI is InChI=1S/C16H22N2O3/c1-11-10-12(16(20)21)7-9-17(11)15(19)14-6-3-8-18(14)13-4-2-5-13/h3,6,8,11-13H,2,4-5,7,9-10H2,1H3,(H,20,21). The molecule has 0 spiro atoms. The molecule has 1 aromatic rings. The van der Waals surface area contributed by atoms with Crippen molar-refractivity contribution in [3.8, 4) is 0 Å². The maximum absolute atomic E-state index is 12.8. The molecule has 1 saturated carbocycles. The van der Waals surface area contributed by atoms with Crippen LogP contribution < -0.4 is 0 Å². The number of carboxylic acid groups (broad SMARTS) is 1. The number of carbonyl (C=O) groups excluding carboxylic acids is 1. The molecule has 1 aliphatic carbocycles. The molecule has 0 radical (unpaired) electrons. The van der Waals surface area contributed by atoms with Gasteiger partial charge in [0.25, 0.3) is 5.91 Å². The molecule has 0 aromatic carbocycles. The van der Waals surface area contributed by atoms with Crippen molar-refractivity contribution in [3.63, 3.8) is 0 Å². The molecule has 2 atom stereocenters. The maximum atomic E-state index is 12.8. The van der Waals surface area contributed by atoms with E-state index in [1.807, 2.05) is 30.2 Å². The molecule has 0 bridgehead atoms. The average molecular weight is 290 g/mol. The van der Waals surface area contributed by atoms with Gasteiger partial charge >= 0.3 is 5.97 Å². The van der Waals surface area contributed by atoms with E-state index >= 15 is 0 Å². The third kappa shape index (κ3) is 2.57. The molecule has 3 rings (SSSR count). The van der Waals surface area contributed by atoms with Crippen molar-refractivity contribution in [3.05, 3.63) is 24.0 Å². The van der Waals surface area contributed by atoms with Gasteiger partial charge in [-0.1, -0.05) is 0 Å². The van der Waals surface area contributed by atoms with Gasteiger partial charge in [-0.05, 0) is 51.2 Å². The van der Waals surface area contributed by atoms with Crippen molar-refractivity contribution in [2.75, 3.05) is 6.54 Å². The Morgan fingerprint density at radius 2 is 2.05 bits per heavy atom. The van der Waals surface area contributed by atoms with Crippen LogP contribution in [0, 0.1) is 5.92 Å². The van der Waals surface area contributed by atoms with Crippen LogP contribution in [-0.2, 0) is 4.79 Å². The number of carboxylic acids is 1. The first-order valence-electron chi connectivity index (χ1n) is 7.78. The van der Waals surface area contributed by atoms with Crippen LogP contribution in [0.1, 0.15) is 55.6 Å². The lowest BCUT2D eigenvalue weighted by atomic mass is 9.91. The van der Waals surface area contributed by atoms with Crippen LogP contribution in [0.3, 0.4) is 0 Å². The zero-order valence-corrected chi connectivity index (χ0v) is 12.4. The van der Waals surface area contributed by atoms with Crippen molar-refractivity contribution in [1.29, 1.82) is 0 Å². The van der Waals surface area contributed by atoms with E-state index in [4.69, 9.17) is 5.11 Å². The summed E-state index contributed by atoms with van der Waals surface area (Å²) in [5, 5.41) is 9.11. The lowest BCUT2D eigenvalue weighted by Crippen LogP contribution is -2.46. The summed E-state index contributed by atoms with van der Waals surface area (Å²) in [5.41, 5.74) is 0.750. The molecule has 2 heterocycles. The maximum Gasteiger partial charge on any atom is 0.306 e. The van der Waals surface area contributed by atoms with Crippen LogP contribution in [0.15, 0.2) is 18.3 Å². The number of amides is 1. The van der Waals surface area contributed by atoms with E-state index in [2.05, 4.69) is 4.57 Å². The molecule has 2 aliphatic rings. The van der Waals surface area contributed by atoms with E-state index in [9.17, 15) is 9.59 Å². The SMILES string of the molecule is CC1CC(C(=O)O)CCN1C(=O)c1cccn1C1CCC1. The summed E-state index contributed by atoms with van der Waals surface area (Å²) in [6.07, 6.45) is 6.61. The number of nitrogens with zero attached hydrogens (tertiary/aromatic N) is 2. The molecule has 21 heavy (non-hydrogen) atoms. The van der Waals surface area contributed by atoms with Crippen molar-refractivity contribution in [2.45, 2.75) is 51.1 Å². The van der Waals surface area contributed by atoms with Gasteiger partial charge in [0, 0.05) is 24.8 Å². The summed E-state index contributed by atoms with van der Waals surface area (Å²) in [6, 6.07) is 4.26. The second-order valence-corrected chi connectivity index (χ2v) is 6.29. The van der Waals surface area contributed by atoms with Crippen molar-refractivity contribution in [2.24, 2.45) is 5.92 Å². The van der Waals surface area contributed by atoms with Gasteiger partial charge in [0.05, 0.1) is 5.92 Å². The van der Waals surface area contributed by atoms with E-state index in [-0.39, 0.29) is 17.9 Å². The summed E-state index contributed by atoms with van der Waals surface area (Å²) in [7, 11) is 0. The van der Waals surface area contributed by atoms with Gasteiger partial charge in [0.2, 0.25) is 0 Å². The predicted molar refractivity (Wildman–Crippen MR) is 78.2 cm³/mol. The van der Waals surface area contributed by atoms with Crippen LogP contribution >= 0.6 is 0 Å². The fraction of sp³-hybridized carbons (Fsp3) is 0.625. The van der Waals surface area contributed by atoms with Gasteiger partial charge < -0.3 is 14.6 Å². The zero-order valence-electron chi connectivity index (χ0n) is 12.4. The van der Waals surface area contributed by atoms with E-state index < -0.39 is 5.97 Å². The Morgan fingerprint density at radius 1 is 1.29 bits per heavy atom. The smallest absolute Gasteiger partial charge is 0.306 e. The zero-order chi connectivity index (χ0) is 15.0. The predicted octanol–water partition coefficient (Wildman–Crippen LogP) is 2.54. The number of piperidine rings is 1. The van der Waals surface area contributed by atoms with Crippen LogP contribution in [0.5, 0.6) is 0 Å². The van der Waals surface area contributed by atoms with Crippen molar-refractivity contribution >= 4 is 11.9 Å². The van der Waals surface area contributed by atoms with Crippen LogP contribution in [0.4, 0.5) is 0 Å². The second-order valence-electron chi connectivity index (χ2n) is 6.29. The van der Waals surface area contributed by atoms with Crippen LogP contribution in [0.2, 0.25) is 0 Å². The molecule has 5 nitrogen and oxygen atoms in total. The Bertz CT molecular complexity index is 547. The number of hydrogen-bond acceptors (Lipinski definition) is 2. The summed E-state index contributed by atoms with van der Waals surface area (Å²) >= 11 is 0. The molecular weight excluding hydrogens is 268 g/mol. The van der Waals surface area contributed by atoms with E-state index in [0.29, 0.717) is 25.4 Å². The van der Waals surface area contributed by atoms with Gasteiger partial charge in [-0.2, -0.15) is 0 Å². The molecule has 1 N–H and O–H groups in total. The van der Waals surface area contributed by atoms with Crippen molar-refractivity contribution in [1.82, 2.24) is 9.47 Å². The minimum absolute atomic E-state index is 0.0166. The molecule has 5 heteroatoms. The average Bonchev–Trinajstić information content (AvgIpc) is 2.84. The first-order valence-corrected chi connectivity index (χ1v) is 7.78. The van der Waals surface area contributed by atoms with E-state index in [1.54, 1.807) is 0 Å². The van der Waals surface area contributed by atoms with Gasteiger partial charge in [-0.25, -0.2) is 0 Å². The lowest BCUT2D eigenvalue weighted by Gasteiger charge is -2.37. The molecule has 1 aliphatic heterocycles. The molecule has 114 valence electrons. The molecule has 2 fully saturated rings. The highest BCUT2D eigenvalue weighted by Gasteiger charge is 2.34. The Hall–Kier alpha value is -1.78. The number of hydrogen-bond donors (Lipinski definition) is 1. The van der Waals surface area contributed by atoms with Gasteiger partial charge in [-0.3, -0.25) is 9.59 Å². The Morgan fingerprint density at radius 3 is 2.62 bits per heavy atom. The highest BCUT2D eigenvalue weighted by atomic mass is 16.4. The third-order valence-electron chi connectivity index (χ3n) is 4.95.